The van der Waals surface area contributed by atoms with Crippen molar-refractivity contribution >= 4 is 23.1 Å². The highest BCUT2D eigenvalue weighted by molar-refractivity contribution is 7.13. The number of nitrogens with zero attached hydrogens (tertiary/aromatic N) is 4. The van der Waals surface area contributed by atoms with Gasteiger partial charge in [-0.2, -0.15) is 0 Å². The van der Waals surface area contributed by atoms with E-state index in [1.54, 1.807) is 6.07 Å². The first kappa shape index (κ1) is 16.7. The molecule has 4 rings (SSSR count). The number of hydrogen-bond acceptors (Lipinski definition) is 9. The van der Waals surface area contributed by atoms with Gasteiger partial charge in [0.15, 0.2) is 6.61 Å². The fourth-order valence-corrected chi connectivity index (χ4v) is 3.15. The molecule has 26 heavy (non-hydrogen) atoms. The smallest absolute Gasteiger partial charge is 0.340 e. The van der Waals surface area contributed by atoms with Crippen LogP contribution in [0.1, 0.15) is 16.2 Å². The topological polar surface area (TPSA) is 90.6 Å². The Hall–Kier alpha value is -2.78. The van der Waals surface area contributed by atoms with Gasteiger partial charge in [-0.3, -0.25) is 0 Å². The van der Waals surface area contributed by atoms with Gasteiger partial charge in [0.25, 0.3) is 11.8 Å². The van der Waals surface area contributed by atoms with Gasteiger partial charge >= 0.3 is 5.97 Å². The normalized spacial score (nSPS) is 14.4. The molecule has 0 saturated carbocycles. The molecule has 134 valence electrons. The Morgan fingerprint density at radius 3 is 2.85 bits per heavy atom. The van der Waals surface area contributed by atoms with E-state index in [0.717, 1.165) is 23.8 Å². The van der Waals surface area contributed by atoms with Gasteiger partial charge in [-0.05, 0) is 23.6 Å². The quantitative estimate of drug-likeness (QED) is 0.631. The number of carbonyl (C=O) groups is 1. The molecule has 1 aliphatic heterocycles. The van der Waals surface area contributed by atoms with Crippen molar-refractivity contribution in [3.63, 3.8) is 0 Å². The summed E-state index contributed by atoms with van der Waals surface area (Å²) in [5.41, 5.74) is 0.375. The van der Waals surface area contributed by atoms with E-state index in [-0.39, 0.29) is 12.5 Å². The zero-order valence-corrected chi connectivity index (χ0v) is 14.6. The van der Waals surface area contributed by atoms with Crippen LogP contribution in [0.5, 0.6) is 0 Å². The number of aromatic nitrogens is 3. The van der Waals surface area contributed by atoms with Gasteiger partial charge in [0.1, 0.15) is 5.82 Å². The molecule has 1 aliphatic rings. The van der Waals surface area contributed by atoms with Crippen LogP contribution in [0.3, 0.4) is 0 Å². The third-order valence-electron chi connectivity index (χ3n) is 3.84. The summed E-state index contributed by atoms with van der Waals surface area (Å²) in [6.07, 6.45) is 1.51. The molecule has 8 nitrogen and oxygen atoms in total. The SMILES string of the molecule is O=C(OCc1nnc(-c2cccs2)o1)c1ccc(N2CCOCC2)nc1. The Kier molecular flexibility index (Phi) is 4.89. The summed E-state index contributed by atoms with van der Waals surface area (Å²) in [6.45, 7) is 2.87. The van der Waals surface area contributed by atoms with Gasteiger partial charge in [-0.1, -0.05) is 6.07 Å². The van der Waals surface area contributed by atoms with Gasteiger partial charge in [-0.25, -0.2) is 9.78 Å². The zero-order chi connectivity index (χ0) is 17.8. The Balaban J connectivity index is 1.34. The fourth-order valence-electron chi connectivity index (χ4n) is 2.51. The molecule has 1 saturated heterocycles. The molecule has 0 amide bonds. The Labute approximate surface area is 153 Å². The van der Waals surface area contributed by atoms with Crippen LogP contribution in [0.4, 0.5) is 5.82 Å². The third kappa shape index (κ3) is 3.73. The number of thiophene rings is 1. The number of pyridine rings is 1. The molecular weight excluding hydrogens is 356 g/mol. The van der Waals surface area contributed by atoms with E-state index in [9.17, 15) is 4.79 Å². The monoisotopic (exact) mass is 372 g/mol. The molecule has 0 radical (unpaired) electrons. The number of morpholine rings is 1. The van der Waals surface area contributed by atoms with Gasteiger partial charge < -0.3 is 18.8 Å². The number of carbonyl (C=O) groups excluding carboxylic acids is 1. The summed E-state index contributed by atoms with van der Waals surface area (Å²) in [5.74, 6) is 1.01. The standard InChI is InChI=1S/C17H16N4O4S/c22-17(12-3-4-14(18-10-12)21-5-7-23-8-6-21)24-11-15-19-20-16(25-15)13-2-1-9-26-13/h1-4,9-10H,5-8,11H2. The molecule has 4 heterocycles. The van der Waals surface area contributed by atoms with E-state index in [1.807, 2.05) is 23.6 Å². The minimum absolute atomic E-state index is 0.0809. The first-order chi connectivity index (χ1) is 12.8. The van der Waals surface area contributed by atoms with Crippen molar-refractivity contribution in [2.45, 2.75) is 6.61 Å². The largest absolute Gasteiger partial charge is 0.452 e. The Morgan fingerprint density at radius 1 is 1.23 bits per heavy atom. The molecule has 0 atom stereocenters. The van der Waals surface area contributed by atoms with Crippen LogP contribution in [0.2, 0.25) is 0 Å². The van der Waals surface area contributed by atoms with Crippen LogP contribution >= 0.6 is 11.3 Å². The molecule has 0 bridgehead atoms. The van der Waals surface area contributed by atoms with E-state index in [0.29, 0.717) is 24.7 Å². The zero-order valence-electron chi connectivity index (χ0n) is 13.8. The summed E-state index contributed by atoms with van der Waals surface area (Å²) in [6, 6.07) is 7.29. The second kappa shape index (κ2) is 7.63. The van der Waals surface area contributed by atoms with Crippen molar-refractivity contribution in [3.8, 4) is 10.8 Å². The number of rotatable bonds is 5. The molecule has 0 aromatic carbocycles. The van der Waals surface area contributed by atoms with Crippen LogP contribution < -0.4 is 4.90 Å². The van der Waals surface area contributed by atoms with Crippen LogP contribution in [-0.2, 0) is 16.1 Å². The summed E-state index contributed by atoms with van der Waals surface area (Å²) < 4.78 is 16.0. The van der Waals surface area contributed by atoms with E-state index in [4.69, 9.17) is 13.9 Å². The van der Waals surface area contributed by atoms with E-state index in [2.05, 4.69) is 20.1 Å². The summed E-state index contributed by atoms with van der Waals surface area (Å²) >= 11 is 1.50. The Morgan fingerprint density at radius 2 is 2.12 bits per heavy atom. The Bertz CT molecular complexity index is 857. The molecule has 0 N–H and O–H groups in total. The summed E-state index contributed by atoms with van der Waals surface area (Å²) in [4.78, 5) is 19.5. The lowest BCUT2D eigenvalue weighted by atomic mass is 10.2. The van der Waals surface area contributed by atoms with Crippen molar-refractivity contribution in [1.82, 2.24) is 15.2 Å². The second-order valence-corrected chi connectivity index (χ2v) is 6.51. The highest BCUT2D eigenvalue weighted by Gasteiger charge is 2.15. The maximum atomic E-state index is 12.2. The van der Waals surface area contributed by atoms with Gasteiger partial charge in [0.2, 0.25) is 0 Å². The van der Waals surface area contributed by atoms with E-state index < -0.39 is 5.97 Å². The highest BCUT2D eigenvalue weighted by atomic mass is 32.1. The minimum atomic E-state index is -0.484. The minimum Gasteiger partial charge on any atom is -0.452 e. The van der Waals surface area contributed by atoms with Crippen LogP contribution in [-0.4, -0.2) is 47.5 Å². The first-order valence-electron chi connectivity index (χ1n) is 8.12. The molecule has 3 aromatic heterocycles. The van der Waals surface area contributed by atoms with Crippen molar-refractivity contribution in [2.75, 3.05) is 31.2 Å². The maximum absolute atomic E-state index is 12.2. The third-order valence-corrected chi connectivity index (χ3v) is 4.70. The predicted molar refractivity (Wildman–Crippen MR) is 94.0 cm³/mol. The molecular formula is C17H16N4O4S. The maximum Gasteiger partial charge on any atom is 0.340 e. The van der Waals surface area contributed by atoms with Gasteiger partial charge in [0.05, 0.1) is 23.7 Å². The summed E-state index contributed by atoms with van der Waals surface area (Å²) in [7, 11) is 0. The molecule has 3 aromatic rings. The predicted octanol–water partition coefficient (Wildman–Crippen LogP) is 2.39. The number of ether oxygens (including phenoxy) is 2. The average molecular weight is 372 g/mol. The van der Waals surface area contributed by atoms with Crippen molar-refractivity contribution in [1.29, 1.82) is 0 Å². The van der Waals surface area contributed by atoms with Crippen LogP contribution in [0.25, 0.3) is 10.8 Å². The van der Waals surface area contributed by atoms with E-state index in [1.165, 1.54) is 17.5 Å². The van der Waals surface area contributed by atoms with Crippen LogP contribution in [0, 0.1) is 0 Å². The molecule has 0 aliphatic carbocycles. The van der Waals surface area contributed by atoms with Crippen molar-refractivity contribution in [2.24, 2.45) is 0 Å². The first-order valence-corrected chi connectivity index (χ1v) is 9.00. The van der Waals surface area contributed by atoms with Crippen molar-refractivity contribution in [3.05, 3.63) is 47.3 Å². The van der Waals surface area contributed by atoms with Crippen LogP contribution in [0.15, 0.2) is 40.3 Å². The second-order valence-electron chi connectivity index (χ2n) is 5.56. The summed E-state index contributed by atoms with van der Waals surface area (Å²) in [5, 5.41) is 9.76. The lowest BCUT2D eigenvalue weighted by molar-refractivity contribution is 0.0438. The van der Waals surface area contributed by atoms with E-state index >= 15 is 0 Å². The molecule has 9 heteroatoms. The fraction of sp³-hybridized carbons (Fsp3) is 0.294. The number of anilines is 1. The average Bonchev–Trinajstić information content (AvgIpc) is 3.38. The lowest BCUT2D eigenvalue weighted by Gasteiger charge is -2.27. The molecule has 1 fully saturated rings. The molecule has 0 unspecified atom stereocenters. The number of hydrogen-bond donors (Lipinski definition) is 0. The molecule has 0 spiro atoms. The van der Waals surface area contributed by atoms with Crippen molar-refractivity contribution < 1.29 is 18.7 Å². The highest BCUT2D eigenvalue weighted by Crippen LogP contribution is 2.23. The lowest BCUT2D eigenvalue weighted by Crippen LogP contribution is -2.36. The van der Waals surface area contributed by atoms with Gasteiger partial charge in [-0.15, -0.1) is 21.5 Å². The van der Waals surface area contributed by atoms with Gasteiger partial charge in [0, 0.05) is 19.3 Å². The number of esters is 1.